The molecule has 0 bridgehead atoms. The molecule has 2 aliphatic heterocycles. The summed E-state index contributed by atoms with van der Waals surface area (Å²) < 4.78 is 5.62. The van der Waals surface area contributed by atoms with Crippen molar-refractivity contribution in [3.8, 4) is 6.07 Å². The van der Waals surface area contributed by atoms with Crippen LogP contribution in [0, 0.1) is 11.3 Å². The van der Waals surface area contributed by atoms with E-state index in [1.54, 1.807) is 29.2 Å². The number of nitriles is 1. The van der Waals surface area contributed by atoms with Gasteiger partial charge >= 0.3 is 6.09 Å². The molecule has 1 amide bonds. The van der Waals surface area contributed by atoms with Crippen LogP contribution in [0.15, 0.2) is 54.7 Å². The van der Waals surface area contributed by atoms with Crippen LogP contribution in [0.25, 0.3) is 10.9 Å². The average Bonchev–Trinajstić information content (AvgIpc) is 3.38. The first-order chi connectivity index (χ1) is 14.7. The number of carbonyl (C=O) groups is 1. The van der Waals surface area contributed by atoms with Gasteiger partial charge < -0.3 is 9.72 Å². The predicted molar refractivity (Wildman–Crippen MR) is 115 cm³/mol. The molecule has 0 radical (unpaired) electrons. The van der Waals surface area contributed by atoms with Crippen LogP contribution >= 0.6 is 0 Å². The molecule has 0 saturated carbocycles. The van der Waals surface area contributed by atoms with Crippen molar-refractivity contribution >= 4 is 22.7 Å². The van der Waals surface area contributed by atoms with Crippen molar-refractivity contribution in [2.45, 2.75) is 24.9 Å². The number of carbonyl (C=O) groups excluding carboxylic acids is 1. The summed E-state index contributed by atoms with van der Waals surface area (Å²) >= 11 is 0. The molecular weight excluding hydrogens is 376 g/mol. The van der Waals surface area contributed by atoms with E-state index in [4.69, 9.17) is 10.00 Å². The molecule has 5 rings (SSSR count). The molecule has 1 N–H and O–H groups in total. The van der Waals surface area contributed by atoms with Gasteiger partial charge in [-0.15, -0.1) is 0 Å². The zero-order chi connectivity index (χ0) is 20.5. The Morgan fingerprint density at radius 1 is 1.10 bits per heavy atom. The lowest BCUT2D eigenvalue weighted by atomic mass is 9.89. The molecule has 1 unspecified atom stereocenters. The highest BCUT2D eigenvalue weighted by Gasteiger charge is 2.34. The monoisotopic (exact) mass is 400 g/mol. The van der Waals surface area contributed by atoms with Gasteiger partial charge in [0.15, 0.2) is 0 Å². The standard InChI is InChI=1S/C24H24N4O2/c25-13-17-5-7-19(8-6-17)28-16-20(30-24(28)29)15-27-11-9-18(10-12-27)22-14-26-23-4-2-1-3-21(22)23/h1-8,14,18,20,26H,9-12,15-16H2. The molecule has 2 saturated heterocycles. The number of nitrogens with zero attached hydrogens (tertiary/aromatic N) is 3. The Labute approximate surface area is 175 Å². The fraction of sp³-hybridized carbons (Fsp3) is 0.333. The summed E-state index contributed by atoms with van der Waals surface area (Å²) in [6.45, 7) is 3.33. The van der Waals surface area contributed by atoms with Crippen molar-refractivity contribution in [3.63, 3.8) is 0 Å². The van der Waals surface area contributed by atoms with Gasteiger partial charge in [-0.05, 0) is 67.7 Å². The maximum atomic E-state index is 12.3. The van der Waals surface area contributed by atoms with Crippen molar-refractivity contribution in [2.24, 2.45) is 0 Å². The molecule has 3 heterocycles. The van der Waals surface area contributed by atoms with Gasteiger partial charge in [-0.3, -0.25) is 9.80 Å². The fourth-order valence-corrected chi connectivity index (χ4v) is 4.69. The molecule has 30 heavy (non-hydrogen) atoms. The molecular formula is C24H24N4O2. The van der Waals surface area contributed by atoms with E-state index in [2.05, 4.69) is 46.4 Å². The number of H-pyrrole nitrogens is 1. The lowest BCUT2D eigenvalue weighted by Crippen LogP contribution is -2.39. The summed E-state index contributed by atoms with van der Waals surface area (Å²) in [6.07, 6.45) is 3.96. The molecule has 3 aromatic rings. The number of hydrogen-bond acceptors (Lipinski definition) is 4. The second kappa shape index (κ2) is 7.85. The number of rotatable bonds is 4. The van der Waals surface area contributed by atoms with Gasteiger partial charge in [-0.2, -0.15) is 5.26 Å². The topological polar surface area (TPSA) is 72.4 Å². The molecule has 152 valence electrons. The SMILES string of the molecule is N#Cc1ccc(N2CC(CN3CCC(c4c[nH]c5ccccc45)CC3)OC2=O)cc1. The van der Waals surface area contributed by atoms with E-state index in [0.717, 1.165) is 38.2 Å². The number of hydrogen-bond donors (Lipinski definition) is 1. The summed E-state index contributed by atoms with van der Waals surface area (Å²) in [4.78, 5) is 19.8. The highest BCUT2D eigenvalue weighted by Crippen LogP contribution is 2.33. The van der Waals surface area contributed by atoms with E-state index in [1.807, 2.05) is 0 Å². The third kappa shape index (κ3) is 3.53. The van der Waals surface area contributed by atoms with Crippen LogP contribution in [-0.2, 0) is 4.74 Å². The number of piperidine rings is 1. The zero-order valence-electron chi connectivity index (χ0n) is 16.8. The van der Waals surface area contributed by atoms with Crippen LogP contribution < -0.4 is 4.90 Å². The number of anilines is 1. The molecule has 2 aliphatic rings. The van der Waals surface area contributed by atoms with Crippen molar-refractivity contribution in [1.29, 1.82) is 5.26 Å². The lowest BCUT2D eigenvalue weighted by Gasteiger charge is -2.32. The molecule has 1 aromatic heterocycles. The Bertz CT molecular complexity index is 1090. The van der Waals surface area contributed by atoms with E-state index < -0.39 is 0 Å². The van der Waals surface area contributed by atoms with Gasteiger partial charge in [0.2, 0.25) is 0 Å². The van der Waals surface area contributed by atoms with Crippen LogP contribution in [0.5, 0.6) is 0 Å². The van der Waals surface area contributed by atoms with Crippen LogP contribution in [0.2, 0.25) is 0 Å². The first kappa shape index (κ1) is 18.7. The van der Waals surface area contributed by atoms with E-state index in [1.165, 1.54) is 16.5 Å². The summed E-state index contributed by atoms with van der Waals surface area (Å²) in [5.74, 6) is 0.568. The highest BCUT2D eigenvalue weighted by atomic mass is 16.6. The molecule has 6 heteroatoms. The number of cyclic esters (lactones) is 1. The Morgan fingerprint density at radius 2 is 1.87 bits per heavy atom. The second-order valence-electron chi connectivity index (χ2n) is 8.14. The highest BCUT2D eigenvalue weighted by molar-refractivity contribution is 5.89. The van der Waals surface area contributed by atoms with Crippen LogP contribution in [-0.4, -0.2) is 48.3 Å². The number of benzene rings is 2. The van der Waals surface area contributed by atoms with E-state index in [-0.39, 0.29) is 12.2 Å². The van der Waals surface area contributed by atoms with Crippen LogP contribution in [0.4, 0.5) is 10.5 Å². The minimum atomic E-state index is -0.307. The van der Waals surface area contributed by atoms with Gasteiger partial charge in [0.25, 0.3) is 0 Å². The van der Waals surface area contributed by atoms with Gasteiger partial charge in [-0.1, -0.05) is 18.2 Å². The molecule has 2 aromatic carbocycles. The molecule has 2 fully saturated rings. The van der Waals surface area contributed by atoms with E-state index >= 15 is 0 Å². The number of amides is 1. The molecule has 1 atom stereocenters. The first-order valence-electron chi connectivity index (χ1n) is 10.5. The van der Waals surface area contributed by atoms with Crippen molar-refractivity contribution in [2.75, 3.05) is 31.1 Å². The second-order valence-corrected chi connectivity index (χ2v) is 8.14. The smallest absolute Gasteiger partial charge is 0.414 e. The van der Waals surface area contributed by atoms with Gasteiger partial charge in [0.1, 0.15) is 6.10 Å². The Morgan fingerprint density at radius 3 is 2.63 bits per heavy atom. The van der Waals surface area contributed by atoms with Gasteiger partial charge in [0.05, 0.1) is 18.2 Å². The van der Waals surface area contributed by atoms with Crippen molar-refractivity contribution in [3.05, 3.63) is 65.9 Å². The molecule has 0 spiro atoms. The maximum Gasteiger partial charge on any atom is 0.414 e. The van der Waals surface area contributed by atoms with Crippen molar-refractivity contribution in [1.82, 2.24) is 9.88 Å². The van der Waals surface area contributed by atoms with E-state index in [0.29, 0.717) is 18.0 Å². The Hall–Kier alpha value is -3.30. The summed E-state index contributed by atoms with van der Waals surface area (Å²) in [6, 6.07) is 17.6. The van der Waals surface area contributed by atoms with E-state index in [9.17, 15) is 4.79 Å². The normalized spacial score (nSPS) is 20.4. The largest absolute Gasteiger partial charge is 0.443 e. The van der Waals surface area contributed by atoms with Crippen LogP contribution in [0.3, 0.4) is 0 Å². The third-order valence-corrected chi connectivity index (χ3v) is 6.29. The summed E-state index contributed by atoms with van der Waals surface area (Å²) in [5.41, 5.74) is 3.99. The van der Waals surface area contributed by atoms with Gasteiger partial charge in [-0.25, -0.2) is 4.79 Å². The zero-order valence-corrected chi connectivity index (χ0v) is 16.8. The summed E-state index contributed by atoms with van der Waals surface area (Å²) in [7, 11) is 0. The predicted octanol–water partition coefficient (Wildman–Crippen LogP) is 4.24. The molecule has 6 nitrogen and oxygen atoms in total. The quantitative estimate of drug-likeness (QED) is 0.711. The number of ether oxygens (including phenoxy) is 1. The minimum Gasteiger partial charge on any atom is -0.443 e. The average molecular weight is 400 g/mol. The third-order valence-electron chi connectivity index (χ3n) is 6.29. The Kier molecular flexibility index (Phi) is 4.89. The number of para-hydroxylation sites is 1. The number of aromatic amines is 1. The fourth-order valence-electron chi connectivity index (χ4n) is 4.69. The first-order valence-corrected chi connectivity index (χ1v) is 10.5. The number of likely N-dealkylation sites (tertiary alicyclic amines) is 1. The number of nitrogens with one attached hydrogen (secondary N) is 1. The molecule has 0 aliphatic carbocycles. The number of fused-ring (bicyclic) bond motifs is 1. The Balaban J connectivity index is 1.18. The van der Waals surface area contributed by atoms with Crippen LogP contribution in [0.1, 0.15) is 29.9 Å². The summed E-state index contributed by atoms with van der Waals surface area (Å²) in [5, 5.41) is 10.3. The lowest BCUT2D eigenvalue weighted by molar-refractivity contribution is 0.0977. The van der Waals surface area contributed by atoms with Gasteiger partial charge in [0, 0.05) is 29.3 Å². The number of aromatic nitrogens is 1. The minimum absolute atomic E-state index is 0.127. The van der Waals surface area contributed by atoms with Crippen molar-refractivity contribution < 1.29 is 9.53 Å². The maximum absolute atomic E-state index is 12.3.